The van der Waals surface area contributed by atoms with Crippen molar-refractivity contribution < 1.29 is 18.8 Å². The number of benzene rings is 1. The number of amides is 3. The molecule has 1 fully saturated rings. The topological polar surface area (TPSA) is 114 Å². The number of rotatable bonds is 8. The molecule has 3 amide bonds. The third-order valence-electron chi connectivity index (χ3n) is 6.12. The highest BCUT2D eigenvalue weighted by Gasteiger charge is 2.26. The molecule has 3 aromatic rings. The Bertz CT molecular complexity index is 1150. The fourth-order valence-electron chi connectivity index (χ4n) is 4.17. The summed E-state index contributed by atoms with van der Waals surface area (Å²) in [6, 6.07) is 14.8. The number of nitrogens with one attached hydrogen (secondary N) is 1. The molecule has 0 atom stereocenters. The van der Waals surface area contributed by atoms with E-state index in [0.29, 0.717) is 62.0 Å². The van der Waals surface area contributed by atoms with E-state index in [4.69, 9.17) is 10.2 Å². The summed E-state index contributed by atoms with van der Waals surface area (Å²) in [7, 11) is 0. The number of urea groups is 1. The SMILES string of the molecule is Cc1c(C(N)=O)cc(C(=O)CN2CCN(C(=O)NCc3ccccc3)CC2)n1Cc1ccco1. The summed E-state index contributed by atoms with van der Waals surface area (Å²) < 4.78 is 7.20. The Morgan fingerprint density at radius 1 is 1.03 bits per heavy atom. The first-order valence-corrected chi connectivity index (χ1v) is 11.3. The largest absolute Gasteiger partial charge is 0.467 e. The average molecular weight is 464 g/mol. The van der Waals surface area contributed by atoms with Crippen LogP contribution in [0.4, 0.5) is 4.79 Å². The minimum Gasteiger partial charge on any atom is -0.467 e. The molecule has 0 aliphatic carbocycles. The van der Waals surface area contributed by atoms with Gasteiger partial charge >= 0.3 is 6.03 Å². The molecule has 1 saturated heterocycles. The van der Waals surface area contributed by atoms with Gasteiger partial charge in [-0.3, -0.25) is 14.5 Å². The van der Waals surface area contributed by atoms with Crippen molar-refractivity contribution in [2.45, 2.75) is 20.0 Å². The molecule has 0 radical (unpaired) electrons. The van der Waals surface area contributed by atoms with Gasteiger partial charge in [0.05, 0.1) is 30.6 Å². The normalized spacial score (nSPS) is 14.2. The van der Waals surface area contributed by atoms with Crippen LogP contribution in [0.5, 0.6) is 0 Å². The average Bonchev–Trinajstić information content (AvgIpc) is 3.47. The molecular weight excluding hydrogens is 434 g/mol. The lowest BCUT2D eigenvalue weighted by Crippen LogP contribution is -2.52. The number of nitrogens with zero attached hydrogens (tertiary/aromatic N) is 3. The van der Waals surface area contributed by atoms with Gasteiger partial charge < -0.3 is 24.9 Å². The van der Waals surface area contributed by atoms with Gasteiger partial charge in [0.15, 0.2) is 5.78 Å². The second-order valence-electron chi connectivity index (χ2n) is 8.39. The summed E-state index contributed by atoms with van der Waals surface area (Å²) in [5.41, 5.74) is 7.95. The zero-order valence-corrected chi connectivity index (χ0v) is 19.2. The zero-order chi connectivity index (χ0) is 24.1. The smallest absolute Gasteiger partial charge is 0.317 e. The Kier molecular flexibility index (Phi) is 7.12. The molecular formula is C25H29N5O4. The van der Waals surface area contributed by atoms with Crippen molar-refractivity contribution in [2.24, 2.45) is 5.73 Å². The maximum atomic E-state index is 13.2. The highest BCUT2D eigenvalue weighted by molar-refractivity contribution is 6.01. The van der Waals surface area contributed by atoms with E-state index in [2.05, 4.69) is 5.32 Å². The molecule has 0 saturated carbocycles. The van der Waals surface area contributed by atoms with Crippen molar-refractivity contribution in [3.05, 3.63) is 83.1 Å². The Morgan fingerprint density at radius 2 is 1.76 bits per heavy atom. The number of piperazine rings is 1. The van der Waals surface area contributed by atoms with Crippen molar-refractivity contribution in [2.75, 3.05) is 32.7 Å². The number of hydrogen-bond donors (Lipinski definition) is 2. The fourth-order valence-corrected chi connectivity index (χ4v) is 4.17. The molecule has 178 valence electrons. The van der Waals surface area contributed by atoms with Crippen LogP contribution in [0.2, 0.25) is 0 Å². The molecule has 2 aromatic heterocycles. The number of aromatic nitrogens is 1. The highest BCUT2D eigenvalue weighted by Crippen LogP contribution is 2.19. The summed E-state index contributed by atoms with van der Waals surface area (Å²) in [5, 5.41) is 2.94. The third-order valence-corrected chi connectivity index (χ3v) is 6.12. The number of carbonyl (C=O) groups excluding carboxylic acids is 3. The first kappa shape index (κ1) is 23.3. The van der Waals surface area contributed by atoms with E-state index in [9.17, 15) is 14.4 Å². The van der Waals surface area contributed by atoms with Crippen LogP contribution in [0, 0.1) is 6.92 Å². The summed E-state index contributed by atoms with van der Waals surface area (Å²) in [4.78, 5) is 41.3. The number of furan rings is 1. The molecule has 0 bridgehead atoms. The second-order valence-corrected chi connectivity index (χ2v) is 8.39. The maximum absolute atomic E-state index is 13.2. The summed E-state index contributed by atoms with van der Waals surface area (Å²) >= 11 is 0. The van der Waals surface area contributed by atoms with Gasteiger partial charge in [-0.1, -0.05) is 30.3 Å². The van der Waals surface area contributed by atoms with E-state index in [1.807, 2.05) is 41.3 Å². The molecule has 1 aromatic carbocycles. The van der Waals surface area contributed by atoms with E-state index in [0.717, 1.165) is 5.56 Å². The van der Waals surface area contributed by atoms with E-state index in [1.165, 1.54) is 0 Å². The first-order chi connectivity index (χ1) is 16.4. The van der Waals surface area contributed by atoms with Gasteiger partial charge in [-0.2, -0.15) is 0 Å². The van der Waals surface area contributed by atoms with Crippen LogP contribution in [-0.2, 0) is 13.1 Å². The van der Waals surface area contributed by atoms with Crippen LogP contribution >= 0.6 is 0 Å². The Morgan fingerprint density at radius 3 is 2.41 bits per heavy atom. The number of ketones is 1. The van der Waals surface area contributed by atoms with Crippen LogP contribution in [-0.4, -0.2) is 64.8 Å². The number of primary amides is 1. The van der Waals surface area contributed by atoms with Gasteiger partial charge in [0.1, 0.15) is 5.76 Å². The zero-order valence-electron chi connectivity index (χ0n) is 19.2. The minimum absolute atomic E-state index is 0.107. The molecule has 3 heterocycles. The predicted octanol–water partition coefficient (Wildman–Crippen LogP) is 2.25. The molecule has 9 nitrogen and oxygen atoms in total. The van der Waals surface area contributed by atoms with Crippen LogP contribution in [0.1, 0.15) is 37.9 Å². The lowest BCUT2D eigenvalue weighted by molar-refractivity contribution is 0.0869. The number of nitrogens with two attached hydrogens (primary N) is 1. The van der Waals surface area contributed by atoms with E-state index < -0.39 is 5.91 Å². The fraction of sp³-hybridized carbons (Fsp3) is 0.320. The number of Topliss-reactive ketones (excluding diaryl/α,β-unsaturated/α-hetero) is 1. The van der Waals surface area contributed by atoms with Gasteiger partial charge in [0.2, 0.25) is 0 Å². The quantitative estimate of drug-likeness (QED) is 0.498. The summed E-state index contributed by atoms with van der Waals surface area (Å²) in [6.07, 6.45) is 1.57. The lowest BCUT2D eigenvalue weighted by atomic mass is 10.2. The van der Waals surface area contributed by atoms with E-state index >= 15 is 0 Å². The molecule has 0 unspecified atom stereocenters. The Balaban J connectivity index is 1.35. The first-order valence-electron chi connectivity index (χ1n) is 11.3. The van der Waals surface area contributed by atoms with Crippen molar-refractivity contribution in [3.8, 4) is 0 Å². The molecule has 4 rings (SSSR count). The van der Waals surface area contributed by atoms with Crippen LogP contribution in [0.3, 0.4) is 0 Å². The molecule has 0 spiro atoms. The van der Waals surface area contributed by atoms with Crippen molar-refractivity contribution in [1.29, 1.82) is 0 Å². The lowest BCUT2D eigenvalue weighted by Gasteiger charge is -2.34. The monoisotopic (exact) mass is 463 g/mol. The Labute approximate surface area is 198 Å². The molecule has 34 heavy (non-hydrogen) atoms. The van der Waals surface area contributed by atoms with E-state index in [-0.39, 0.29) is 18.4 Å². The summed E-state index contributed by atoms with van der Waals surface area (Å²) in [5.74, 6) is 0.00269. The standard InChI is InChI=1S/C25H29N5O4/c1-18-21(24(26)32)14-22(30(18)16-20-8-5-13-34-20)23(31)17-28-9-11-29(12-10-28)25(33)27-15-19-6-3-2-4-7-19/h2-8,13-14H,9-12,15-17H2,1H3,(H2,26,32)(H,27,33). The van der Waals surface area contributed by atoms with Gasteiger partial charge in [-0.05, 0) is 30.7 Å². The van der Waals surface area contributed by atoms with Crippen LogP contribution < -0.4 is 11.1 Å². The molecule has 3 N–H and O–H groups in total. The highest BCUT2D eigenvalue weighted by atomic mass is 16.3. The molecule has 9 heteroatoms. The van der Waals surface area contributed by atoms with Crippen molar-refractivity contribution in [3.63, 3.8) is 0 Å². The van der Waals surface area contributed by atoms with Crippen molar-refractivity contribution in [1.82, 2.24) is 19.7 Å². The van der Waals surface area contributed by atoms with Gasteiger partial charge in [0, 0.05) is 38.4 Å². The predicted molar refractivity (Wildman–Crippen MR) is 127 cm³/mol. The Hall–Kier alpha value is -3.85. The van der Waals surface area contributed by atoms with Crippen LogP contribution in [0.15, 0.2) is 59.2 Å². The molecule has 1 aliphatic rings. The second kappa shape index (κ2) is 10.4. The van der Waals surface area contributed by atoms with Gasteiger partial charge in [-0.25, -0.2) is 4.79 Å². The van der Waals surface area contributed by atoms with Crippen LogP contribution in [0.25, 0.3) is 0 Å². The third kappa shape index (κ3) is 5.37. The van der Waals surface area contributed by atoms with Gasteiger partial charge in [0.25, 0.3) is 5.91 Å². The maximum Gasteiger partial charge on any atom is 0.317 e. The minimum atomic E-state index is -0.570. The number of carbonyl (C=O) groups is 3. The molecule has 1 aliphatic heterocycles. The number of hydrogen-bond acceptors (Lipinski definition) is 5. The van der Waals surface area contributed by atoms with Gasteiger partial charge in [-0.15, -0.1) is 0 Å². The van der Waals surface area contributed by atoms with Crippen molar-refractivity contribution >= 4 is 17.7 Å². The van der Waals surface area contributed by atoms with E-state index in [1.54, 1.807) is 34.8 Å². The summed E-state index contributed by atoms with van der Waals surface area (Å²) in [6.45, 7) is 5.02.